The van der Waals surface area contributed by atoms with E-state index < -0.39 is 11.4 Å². The Hall–Kier alpha value is -2.67. The van der Waals surface area contributed by atoms with Gasteiger partial charge in [0.1, 0.15) is 5.75 Å². The number of hydrogen-bond donors (Lipinski definition) is 0. The fraction of sp³-hybridized carbons (Fsp3) is 0.629. The van der Waals surface area contributed by atoms with Crippen molar-refractivity contribution in [3.63, 3.8) is 0 Å². The number of nitriles is 1. The topological polar surface area (TPSA) is 63.0 Å². The first-order chi connectivity index (χ1) is 19.0. The number of pyridine rings is 1. The molecule has 3 rings (SSSR count). The van der Waals surface area contributed by atoms with Gasteiger partial charge in [-0.05, 0) is 86.8 Å². The van der Waals surface area contributed by atoms with Crippen molar-refractivity contribution in [2.45, 2.75) is 129 Å². The van der Waals surface area contributed by atoms with Crippen LogP contribution in [0.15, 0.2) is 42.6 Å². The largest absolute Gasteiger partial charge is 0.425 e. The Morgan fingerprint density at radius 1 is 0.897 bits per heavy atom. The van der Waals surface area contributed by atoms with Gasteiger partial charge in [-0.25, -0.2) is 4.79 Å². The van der Waals surface area contributed by atoms with Crippen LogP contribution in [0.1, 0.15) is 135 Å². The van der Waals surface area contributed by atoms with E-state index in [9.17, 15) is 10.1 Å². The third-order valence-electron chi connectivity index (χ3n) is 8.84. The normalized spacial score (nSPS) is 18.7. The van der Waals surface area contributed by atoms with E-state index in [-0.39, 0.29) is 0 Å². The van der Waals surface area contributed by atoms with Crippen molar-refractivity contribution in [2.24, 2.45) is 11.3 Å². The summed E-state index contributed by atoms with van der Waals surface area (Å²) >= 11 is 0. The van der Waals surface area contributed by atoms with Crippen LogP contribution in [0.5, 0.6) is 5.75 Å². The van der Waals surface area contributed by atoms with E-state index in [2.05, 4.69) is 31.3 Å². The maximum atomic E-state index is 12.3. The van der Waals surface area contributed by atoms with Gasteiger partial charge in [0.25, 0.3) is 0 Å². The predicted molar refractivity (Wildman–Crippen MR) is 160 cm³/mol. The zero-order valence-corrected chi connectivity index (χ0v) is 24.7. The second kappa shape index (κ2) is 16.4. The molecule has 0 spiro atoms. The Bertz CT molecular complexity index is 1020. The van der Waals surface area contributed by atoms with Gasteiger partial charge in [-0.15, -0.1) is 0 Å². The van der Waals surface area contributed by atoms with Gasteiger partial charge in [-0.1, -0.05) is 90.5 Å². The molecule has 1 aliphatic rings. The minimum Gasteiger partial charge on any atom is -0.425 e. The Kier molecular flexibility index (Phi) is 13.0. The quantitative estimate of drug-likeness (QED) is 0.123. The van der Waals surface area contributed by atoms with Crippen LogP contribution in [0.3, 0.4) is 0 Å². The highest BCUT2D eigenvalue weighted by molar-refractivity contribution is 5.81. The number of ether oxygens (including phenoxy) is 1. The monoisotopic (exact) mass is 530 g/mol. The molecular weight excluding hydrogens is 480 g/mol. The van der Waals surface area contributed by atoms with Crippen molar-refractivity contribution in [1.29, 1.82) is 5.26 Å². The van der Waals surface area contributed by atoms with Gasteiger partial charge in [-0.3, -0.25) is 4.98 Å². The van der Waals surface area contributed by atoms with E-state index in [1.807, 2.05) is 19.1 Å². The molecule has 0 radical (unpaired) electrons. The molecule has 39 heavy (non-hydrogen) atoms. The molecule has 1 aromatic carbocycles. The van der Waals surface area contributed by atoms with Gasteiger partial charge < -0.3 is 4.74 Å². The minimum atomic E-state index is -1.12. The van der Waals surface area contributed by atoms with E-state index in [1.165, 1.54) is 102 Å². The number of carbonyl (C=O) groups is 1. The molecule has 1 aliphatic carbocycles. The Morgan fingerprint density at radius 3 is 2.05 bits per heavy atom. The lowest BCUT2D eigenvalue weighted by molar-refractivity contribution is -0.141. The van der Waals surface area contributed by atoms with Gasteiger partial charge >= 0.3 is 5.97 Å². The Balaban J connectivity index is 1.36. The summed E-state index contributed by atoms with van der Waals surface area (Å²) in [4.78, 5) is 17.1. The molecule has 4 nitrogen and oxygen atoms in total. The van der Waals surface area contributed by atoms with E-state index in [1.54, 1.807) is 19.1 Å². The minimum absolute atomic E-state index is 0.414. The molecule has 0 amide bonds. The summed E-state index contributed by atoms with van der Waals surface area (Å²) in [6.45, 7) is 5.71. The predicted octanol–water partition coefficient (Wildman–Crippen LogP) is 10.2. The summed E-state index contributed by atoms with van der Waals surface area (Å²) in [6, 6.07) is 13.8. The van der Waals surface area contributed by atoms with Crippen LogP contribution in [0.2, 0.25) is 0 Å². The molecule has 4 heteroatoms. The second-order valence-corrected chi connectivity index (χ2v) is 11.9. The van der Waals surface area contributed by atoms with Crippen molar-refractivity contribution in [1.82, 2.24) is 4.98 Å². The highest BCUT2D eigenvalue weighted by Gasteiger charge is 2.33. The van der Waals surface area contributed by atoms with Crippen LogP contribution in [0.4, 0.5) is 0 Å². The van der Waals surface area contributed by atoms with Gasteiger partial charge in [0.05, 0.1) is 11.8 Å². The average molecular weight is 531 g/mol. The van der Waals surface area contributed by atoms with E-state index in [0.717, 1.165) is 17.2 Å². The van der Waals surface area contributed by atoms with Gasteiger partial charge in [0.15, 0.2) is 5.41 Å². The summed E-state index contributed by atoms with van der Waals surface area (Å²) in [5.41, 5.74) is 2.14. The first kappa shape index (κ1) is 30.9. The first-order valence-electron chi connectivity index (χ1n) is 15.7. The lowest BCUT2D eigenvalue weighted by atomic mass is 9.77. The molecule has 1 unspecified atom stereocenters. The SMILES string of the molecule is CCCCCCCCCCCCC1CCC(c2ccc(-c3ccc(OC(=O)C(C)(C#N)CC)cc3)nc2)CC1. The summed E-state index contributed by atoms with van der Waals surface area (Å²) in [7, 11) is 0. The van der Waals surface area contributed by atoms with E-state index in [4.69, 9.17) is 9.72 Å². The zero-order chi connectivity index (χ0) is 27.9. The smallest absolute Gasteiger partial charge is 0.331 e. The van der Waals surface area contributed by atoms with Crippen molar-refractivity contribution < 1.29 is 9.53 Å². The molecule has 1 atom stereocenters. The third kappa shape index (κ3) is 9.79. The van der Waals surface area contributed by atoms with Crippen molar-refractivity contribution in [2.75, 3.05) is 0 Å². The first-order valence-corrected chi connectivity index (χ1v) is 15.7. The fourth-order valence-electron chi connectivity index (χ4n) is 5.70. The Labute approximate surface area is 237 Å². The lowest BCUT2D eigenvalue weighted by Crippen LogP contribution is -2.29. The lowest BCUT2D eigenvalue weighted by Gasteiger charge is -2.28. The molecule has 212 valence electrons. The number of carbonyl (C=O) groups excluding carboxylic acids is 1. The number of rotatable bonds is 16. The van der Waals surface area contributed by atoms with Crippen LogP contribution in [0.25, 0.3) is 11.3 Å². The molecule has 0 saturated heterocycles. The van der Waals surface area contributed by atoms with Gasteiger partial charge in [0.2, 0.25) is 0 Å². The number of aromatic nitrogens is 1. The molecular formula is C35H50N2O2. The summed E-state index contributed by atoms with van der Waals surface area (Å²) in [5.74, 6) is 1.48. The molecule has 2 aromatic rings. The molecule has 1 heterocycles. The highest BCUT2D eigenvalue weighted by Crippen LogP contribution is 2.38. The summed E-state index contributed by atoms with van der Waals surface area (Å²) in [5, 5.41) is 9.29. The van der Waals surface area contributed by atoms with Crippen molar-refractivity contribution in [3.8, 4) is 23.1 Å². The molecule has 0 N–H and O–H groups in total. The maximum absolute atomic E-state index is 12.3. The van der Waals surface area contributed by atoms with Crippen LogP contribution >= 0.6 is 0 Å². The summed E-state index contributed by atoms with van der Waals surface area (Å²) < 4.78 is 5.44. The maximum Gasteiger partial charge on any atom is 0.331 e. The number of benzene rings is 1. The molecule has 1 aromatic heterocycles. The molecule has 0 bridgehead atoms. The number of nitrogens with zero attached hydrogens (tertiary/aromatic N) is 2. The van der Waals surface area contributed by atoms with E-state index >= 15 is 0 Å². The average Bonchev–Trinajstić information content (AvgIpc) is 2.98. The molecule has 1 fully saturated rings. The number of hydrogen-bond acceptors (Lipinski definition) is 4. The third-order valence-corrected chi connectivity index (χ3v) is 8.84. The van der Waals surface area contributed by atoms with Crippen molar-refractivity contribution in [3.05, 3.63) is 48.2 Å². The summed E-state index contributed by atoms with van der Waals surface area (Å²) in [6.07, 6.45) is 23.3. The highest BCUT2D eigenvalue weighted by atomic mass is 16.5. The van der Waals surface area contributed by atoms with Gasteiger partial charge in [-0.2, -0.15) is 5.26 Å². The van der Waals surface area contributed by atoms with Crippen molar-refractivity contribution >= 4 is 5.97 Å². The van der Waals surface area contributed by atoms with Crippen LogP contribution in [0, 0.1) is 22.7 Å². The number of esters is 1. The molecule has 0 aliphatic heterocycles. The van der Waals surface area contributed by atoms with Gasteiger partial charge in [0, 0.05) is 11.8 Å². The van der Waals surface area contributed by atoms with Crippen LogP contribution in [-0.2, 0) is 4.79 Å². The van der Waals surface area contributed by atoms with Crippen LogP contribution in [-0.4, -0.2) is 11.0 Å². The van der Waals surface area contributed by atoms with Crippen LogP contribution < -0.4 is 4.74 Å². The fourth-order valence-corrected chi connectivity index (χ4v) is 5.70. The Morgan fingerprint density at radius 2 is 1.51 bits per heavy atom. The molecule has 1 saturated carbocycles. The standard InChI is InChI=1S/C35H50N2O2/c1-4-6-7-8-9-10-11-12-13-14-15-28-16-18-29(19-17-28)31-22-25-33(37-26-31)30-20-23-32(24-21-30)39-34(38)35(3,5-2)27-36/h20-26,28-29H,4-19H2,1-3H3. The van der Waals surface area contributed by atoms with E-state index in [0.29, 0.717) is 18.1 Å². The number of unbranched alkanes of at least 4 members (excludes halogenated alkanes) is 9. The zero-order valence-electron chi connectivity index (χ0n) is 24.7. The second-order valence-electron chi connectivity index (χ2n) is 11.9.